The molecule has 1 saturated heterocycles. The van der Waals surface area contributed by atoms with Crippen LogP contribution in [0.25, 0.3) is 6.08 Å². The van der Waals surface area contributed by atoms with Gasteiger partial charge in [0.05, 0.1) is 5.69 Å². The minimum atomic E-state index is -1.01. The monoisotopic (exact) mass is 364 g/mol. The highest BCUT2D eigenvalue weighted by molar-refractivity contribution is 6.39. The van der Waals surface area contributed by atoms with E-state index in [-0.39, 0.29) is 17.9 Å². The third-order valence-corrected chi connectivity index (χ3v) is 3.71. The van der Waals surface area contributed by atoms with Crippen molar-refractivity contribution in [2.75, 3.05) is 11.5 Å². The van der Waals surface area contributed by atoms with Crippen molar-refractivity contribution < 1.29 is 23.5 Å². The smallest absolute Gasteiger partial charge is 0.336 e. The molecule has 6 nitrogen and oxygen atoms in total. The molecule has 0 aliphatic carbocycles. The molecular weight excluding hydrogens is 351 g/mol. The van der Waals surface area contributed by atoms with Crippen LogP contribution in [-0.4, -0.2) is 24.5 Å². The van der Waals surface area contributed by atoms with Gasteiger partial charge in [-0.3, -0.25) is 14.9 Å². The van der Waals surface area contributed by atoms with Gasteiger partial charge in [0.1, 0.15) is 23.7 Å². The van der Waals surface area contributed by atoms with E-state index in [0.717, 1.165) is 6.07 Å². The Morgan fingerprint density at radius 3 is 2.48 bits per heavy atom. The molecule has 0 aromatic heterocycles. The zero-order valence-electron chi connectivity index (χ0n) is 13.9. The molecule has 1 fully saturated rings. The molecule has 0 atom stereocenters. The van der Waals surface area contributed by atoms with Crippen LogP contribution in [0.5, 0.6) is 5.75 Å². The van der Waals surface area contributed by atoms with E-state index in [1.807, 2.05) is 5.32 Å². The van der Waals surface area contributed by atoms with Gasteiger partial charge in [0, 0.05) is 0 Å². The summed E-state index contributed by atoms with van der Waals surface area (Å²) in [5, 5.41) is 2.04. The summed E-state index contributed by atoms with van der Waals surface area (Å²) >= 11 is 0. The maximum Gasteiger partial charge on any atom is 0.336 e. The van der Waals surface area contributed by atoms with Crippen LogP contribution in [0.1, 0.15) is 5.56 Å². The highest BCUT2D eigenvalue weighted by atomic mass is 19.1. The SMILES string of the molecule is C#CCOc1ccc(/C=C2/C(=O)NC(=O)N(c3ccccc3F)C2=O)cc1. The van der Waals surface area contributed by atoms with E-state index in [2.05, 4.69) is 5.92 Å². The van der Waals surface area contributed by atoms with Crippen LogP contribution in [0, 0.1) is 18.2 Å². The first-order valence-electron chi connectivity index (χ1n) is 7.83. The molecule has 0 unspecified atom stereocenters. The lowest BCUT2D eigenvalue weighted by molar-refractivity contribution is -0.122. The molecule has 4 amide bonds. The summed E-state index contributed by atoms with van der Waals surface area (Å²) in [5.41, 5.74) is -0.0176. The Balaban J connectivity index is 1.92. The van der Waals surface area contributed by atoms with Crippen molar-refractivity contribution >= 4 is 29.6 Å². The third kappa shape index (κ3) is 3.70. The summed E-state index contributed by atoms with van der Waals surface area (Å²) in [4.78, 5) is 37.4. The van der Waals surface area contributed by atoms with Crippen molar-refractivity contribution in [2.24, 2.45) is 0 Å². The van der Waals surface area contributed by atoms with Crippen LogP contribution in [0.15, 0.2) is 54.1 Å². The number of hydrogen-bond donors (Lipinski definition) is 1. The van der Waals surface area contributed by atoms with Gasteiger partial charge in [-0.2, -0.15) is 0 Å². The van der Waals surface area contributed by atoms with E-state index < -0.39 is 23.7 Å². The van der Waals surface area contributed by atoms with Crippen molar-refractivity contribution in [1.82, 2.24) is 5.32 Å². The highest BCUT2D eigenvalue weighted by Crippen LogP contribution is 2.24. The molecule has 0 saturated carbocycles. The maximum absolute atomic E-state index is 14.0. The van der Waals surface area contributed by atoms with Crippen LogP contribution >= 0.6 is 0 Å². The highest BCUT2D eigenvalue weighted by Gasteiger charge is 2.37. The van der Waals surface area contributed by atoms with Gasteiger partial charge in [-0.1, -0.05) is 30.2 Å². The number of halogens is 1. The number of urea groups is 1. The maximum atomic E-state index is 14.0. The first kappa shape index (κ1) is 17.9. The minimum Gasteiger partial charge on any atom is -0.481 e. The summed E-state index contributed by atoms with van der Waals surface area (Å²) in [6, 6.07) is 10.8. The number of anilines is 1. The lowest BCUT2D eigenvalue weighted by Crippen LogP contribution is -2.54. The van der Waals surface area contributed by atoms with Gasteiger partial charge >= 0.3 is 6.03 Å². The van der Waals surface area contributed by atoms with E-state index >= 15 is 0 Å². The first-order valence-corrected chi connectivity index (χ1v) is 7.83. The minimum absolute atomic E-state index is 0.112. The zero-order valence-corrected chi connectivity index (χ0v) is 13.9. The molecule has 3 rings (SSSR count). The van der Waals surface area contributed by atoms with Crippen LogP contribution in [0.4, 0.5) is 14.9 Å². The number of amides is 4. The van der Waals surface area contributed by atoms with Crippen molar-refractivity contribution in [3.8, 4) is 18.1 Å². The largest absolute Gasteiger partial charge is 0.481 e. The fourth-order valence-electron chi connectivity index (χ4n) is 2.46. The number of para-hydroxylation sites is 1. The zero-order chi connectivity index (χ0) is 19.4. The molecule has 1 aliphatic rings. The Morgan fingerprint density at radius 2 is 1.81 bits per heavy atom. The third-order valence-electron chi connectivity index (χ3n) is 3.71. The van der Waals surface area contributed by atoms with Gasteiger partial charge in [0.15, 0.2) is 0 Å². The van der Waals surface area contributed by atoms with Crippen LogP contribution in [-0.2, 0) is 9.59 Å². The van der Waals surface area contributed by atoms with Gasteiger partial charge in [-0.15, -0.1) is 6.42 Å². The Labute approximate surface area is 154 Å². The molecule has 2 aromatic carbocycles. The van der Waals surface area contributed by atoms with E-state index in [1.165, 1.54) is 24.3 Å². The second-order valence-electron chi connectivity index (χ2n) is 5.47. The molecule has 1 N–H and O–H groups in total. The second kappa shape index (κ2) is 7.54. The second-order valence-corrected chi connectivity index (χ2v) is 5.47. The van der Waals surface area contributed by atoms with Crippen molar-refractivity contribution in [3.05, 3.63) is 65.5 Å². The molecule has 27 heavy (non-hydrogen) atoms. The average Bonchev–Trinajstić information content (AvgIpc) is 2.66. The summed E-state index contributed by atoms with van der Waals surface area (Å²) < 4.78 is 19.3. The molecular formula is C20H13FN2O4. The predicted octanol–water partition coefficient (Wildman–Crippen LogP) is 2.50. The molecule has 1 aliphatic heterocycles. The molecule has 0 spiro atoms. The van der Waals surface area contributed by atoms with E-state index in [0.29, 0.717) is 16.2 Å². The fourth-order valence-corrected chi connectivity index (χ4v) is 2.46. The number of imide groups is 2. The normalized spacial score (nSPS) is 15.5. The van der Waals surface area contributed by atoms with Crippen molar-refractivity contribution in [2.45, 2.75) is 0 Å². The number of terminal acetylenes is 1. The number of nitrogens with zero attached hydrogens (tertiary/aromatic N) is 1. The molecule has 7 heteroatoms. The summed E-state index contributed by atoms with van der Waals surface area (Å²) in [6.07, 6.45) is 6.43. The number of benzene rings is 2. The number of rotatable bonds is 4. The van der Waals surface area contributed by atoms with E-state index in [1.54, 1.807) is 24.3 Å². The quantitative estimate of drug-likeness (QED) is 0.514. The Bertz CT molecular complexity index is 990. The Kier molecular flexibility index (Phi) is 4.99. The molecule has 0 bridgehead atoms. The Morgan fingerprint density at radius 1 is 1.11 bits per heavy atom. The van der Waals surface area contributed by atoms with Crippen LogP contribution in [0.3, 0.4) is 0 Å². The molecule has 0 radical (unpaired) electrons. The van der Waals surface area contributed by atoms with Gasteiger partial charge in [0.25, 0.3) is 11.8 Å². The molecule has 2 aromatic rings. The lowest BCUT2D eigenvalue weighted by atomic mass is 10.1. The van der Waals surface area contributed by atoms with Crippen molar-refractivity contribution in [1.29, 1.82) is 0 Å². The summed E-state index contributed by atoms with van der Waals surface area (Å²) in [5.74, 6) is 0.332. The topological polar surface area (TPSA) is 75.7 Å². The Hall–Kier alpha value is -3.92. The molecule has 134 valence electrons. The van der Waals surface area contributed by atoms with Gasteiger partial charge in [0.2, 0.25) is 0 Å². The number of carbonyl (C=O) groups is 3. The average molecular weight is 364 g/mol. The number of barbiturate groups is 1. The number of nitrogens with one attached hydrogen (secondary N) is 1. The van der Waals surface area contributed by atoms with Gasteiger partial charge < -0.3 is 4.74 Å². The van der Waals surface area contributed by atoms with Crippen LogP contribution < -0.4 is 15.0 Å². The summed E-state index contributed by atoms with van der Waals surface area (Å²) in [7, 11) is 0. The van der Waals surface area contributed by atoms with Gasteiger partial charge in [-0.25, -0.2) is 14.1 Å². The van der Waals surface area contributed by atoms with Crippen LogP contribution in [0.2, 0.25) is 0 Å². The van der Waals surface area contributed by atoms with Gasteiger partial charge in [-0.05, 0) is 35.9 Å². The standard InChI is InChI=1S/C20H13FN2O4/c1-2-11-27-14-9-7-13(8-10-14)12-15-18(24)22-20(26)23(19(15)25)17-6-4-3-5-16(17)21/h1,3-10,12H,11H2,(H,22,24,26)/b15-12-. The number of hydrogen-bond acceptors (Lipinski definition) is 4. The number of ether oxygens (including phenoxy) is 1. The van der Waals surface area contributed by atoms with E-state index in [4.69, 9.17) is 11.2 Å². The predicted molar refractivity (Wildman–Crippen MR) is 96.2 cm³/mol. The number of carbonyl (C=O) groups excluding carboxylic acids is 3. The lowest BCUT2D eigenvalue weighted by Gasteiger charge is -2.26. The first-order chi connectivity index (χ1) is 13.0. The molecule has 1 heterocycles. The summed E-state index contributed by atoms with van der Waals surface area (Å²) in [6.45, 7) is 0.112. The van der Waals surface area contributed by atoms with E-state index in [9.17, 15) is 18.8 Å². The van der Waals surface area contributed by atoms with Crippen molar-refractivity contribution in [3.63, 3.8) is 0 Å². The fraction of sp³-hybridized carbons (Fsp3) is 0.0500.